The number of hydrogen-bond acceptors (Lipinski definition) is 1. The maximum atomic E-state index is 9.30. The summed E-state index contributed by atoms with van der Waals surface area (Å²) in [5, 5.41) is 12.6. The van der Waals surface area contributed by atoms with Crippen LogP contribution in [0.25, 0.3) is 0 Å². The van der Waals surface area contributed by atoms with E-state index in [0.717, 1.165) is 0 Å². The predicted octanol–water partition coefficient (Wildman–Crippen LogP) is 11.4. The normalized spacial score (nSPS) is 10.6. The zero-order valence-electron chi connectivity index (χ0n) is 33.9. The number of halogens is 2. The molecule has 0 atom stereocenters. The van der Waals surface area contributed by atoms with Gasteiger partial charge in [0.1, 0.15) is 0 Å². The monoisotopic (exact) mass is 987 g/mol. The average Bonchev–Trinajstić information content (AvgIpc) is 3.35. The minimum absolute atomic E-state index is 0.446. The van der Waals surface area contributed by atoms with Crippen LogP contribution in [-0.4, -0.2) is 4.88 Å². The van der Waals surface area contributed by atoms with E-state index in [1.807, 2.05) is 0 Å². The molecule has 0 radical (unpaired) electrons. The van der Waals surface area contributed by atoms with Crippen molar-refractivity contribution >= 4 is 95.8 Å². The van der Waals surface area contributed by atoms with Gasteiger partial charge in [-0.1, -0.05) is 273 Å². The summed E-state index contributed by atoms with van der Waals surface area (Å²) < 4.78 is 0. The van der Waals surface area contributed by atoms with Crippen LogP contribution in [0.5, 0.6) is 0 Å². The second kappa shape index (κ2) is 26.6. The second-order valence-corrected chi connectivity index (χ2v) is 25.6. The maximum Gasteiger partial charge on any atom is -0.0134 e. The Kier molecular flexibility index (Phi) is 20.0. The van der Waals surface area contributed by atoms with Gasteiger partial charge in [-0.05, 0) is 71.5 Å². The van der Waals surface area contributed by atoms with Crippen molar-refractivity contribution in [1.82, 2.24) is 0 Å². The zero-order chi connectivity index (χ0) is 43.0. The van der Waals surface area contributed by atoms with Gasteiger partial charge < -0.3 is 0 Å². The van der Waals surface area contributed by atoms with Crippen molar-refractivity contribution in [3.8, 4) is 0 Å². The summed E-state index contributed by atoms with van der Waals surface area (Å²) in [7, 11) is 8.67. The van der Waals surface area contributed by atoms with E-state index >= 15 is 0 Å². The van der Waals surface area contributed by atoms with Crippen LogP contribution in [-0.2, 0) is 18.8 Å². The van der Waals surface area contributed by atoms with Crippen LogP contribution < -0.4 is 47.7 Å². The van der Waals surface area contributed by atoms with Crippen molar-refractivity contribution in [1.29, 1.82) is 0 Å². The fraction of sp³-hybridized carbons (Fsp3) is 0. The molecule has 0 amide bonds. The summed E-state index contributed by atoms with van der Waals surface area (Å²) >= 11 is -1.92. The topological polar surface area (TPSA) is 17.1 Å². The minimum Gasteiger partial charge on any atom is -0.0622 e. The minimum atomic E-state index is -1.92. The quantitative estimate of drug-likeness (QED) is 0.0758. The molecule has 0 saturated heterocycles. The number of hydrogen-bond donors (Lipinski definition) is 0. The molecule has 0 N–H and O–H groups in total. The third-order valence-corrected chi connectivity index (χ3v) is 17.6. The molecule has 0 heterocycles. The van der Waals surface area contributed by atoms with Gasteiger partial charge in [-0.25, -0.2) is 0 Å². The van der Waals surface area contributed by atoms with Crippen molar-refractivity contribution in [3.63, 3.8) is 0 Å². The first-order valence-corrected chi connectivity index (χ1v) is 29.4. The third-order valence-electron chi connectivity index (χ3n) is 9.19. The van der Waals surface area contributed by atoms with Gasteiger partial charge in [0.15, 0.2) is 0 Å². The fourth-order valence-corrected chi connectivity index (χ4v) is 13.5. The van der Waals surface area contributed by atoms with Crippen LogP contribution in [0.15, 0.2) is 273 Å². The Morgan fingerprint density at radius 2 is 0.339 bits per heavy atom. The van der Waals surface area contributed by atoms with Crippen molar-refractivity contribution in [3.05, 3.63) is 273 Å². The van der Waals surface area contributed by atoms with Gasteiger partial charge in [-0.3, -0.25) is 0 Å². The van der Waals surface area contributed by atoms with E-state index < -0.39 is 37.7 Å². The van der Waals surface area contributed by atoms with Crippen LogP contribution >= 0.6 is 43.1 Å². The standard InChI is InChI=1S/3C18H15P.CHO.2ClH.Ru/c3*1-4-10-16(11-5-1)19(17-12-6-2-7-13-17)18-14-8-3-9-15-18;1-2;;;/h3*1-15H;1H;2*1H;/q;;;;;;+2/p-2. The van der Waals surface area contributed by atoms with Gasteiger partial charge in [0.2, 0.25) is 0 Å². The molecule has 1 nitrogen and oxygen atoms in total. The summed E-state index contributed by atoms with van der Waals surface area (Å²) in [6.07, 6.45) is 0. The van der Waals surface area contributed by atoms with Crippen LogP contribution in [0.4, 0.5) is 0 Å². The molecule has 0 spiro atoms. The Hall–Kier alpha value is -4.86. The first-order chi connectivity index (χ1) is 30.6. The first kappa shape index (κ1) is 46.6. The predicted molar refractivity (Wildman–Crippen MR) is 274 cm³/mol. The number of benzene rings is 9. The zero-order valence-corrected chi connectivity index (χ0v) is 39.9. The van der Waals surface area contributed by atoms with Gasteiger partial charge in [-0.15, -0.1) is 0 Å². The van der Waals surface area contributed by atoms with Crippen molar-refractivity contribution in [2.24, 2.45) is 0 Å². The molecule has 0 aromatic heterocycles. The fourth-order valence-electron chi connectivity index (χ4n) is 6.54. The molecule has 0 aliphatic carbocycles. The summed E-state index contributed by atoms with van der Waals surface area (Å²) in [5.41, 5.74) is 0. The third kappa shape index (κ3) is 14.6. The molecule has 7 heteroatoms. The van der Waals surface area contributed by atoms with Crippen molar-refractivity contribution in [2.75, 3.05) is 0 Å². The van der Waals surface area contributed by atoms with Crippen molar-refractivity contribution < 1.29 is 18.8 Å². The Labute approximate surface area is 384 Å². The molecule has 9 aromatic rings. The van der Waals surface area contributed by atoms with Crippen molar-refractivity contribution in [2.45, 2.75) is 0 Å². The summed E-state index contributed by atoms with van der Waals surface area (Å²) in [4.78, 5) is 9.90. The summed E-state index contributed by atoms with van der Waals surface area (Å²) in [5.74, 6) is 0. The molecule has 9 rings (SSSR count). The van der Waals surface area contributed by atoms with E-state index in [2.05, 4.69) is 273 Å². The number of carbonyl (C=O) groups excluding carboxylic acids is 1. The Balaban J connectivity index is 0.000000147. The van der Waals surface area contributed by atoms with E-state index in [1.54, 1.807) is 0 Å². The van der Waals surface area contributed by atoms with Gasteiger partial charge in [-0.2, -0.15) is 0 Å². The maximum absolute atomic E-state index is 9.30. The molecule has 309 valence electrons. The van der Waals surface area contributed by atoms with E-state index in [4.69, 9.17) is 19.4 Å². The number of rotatable bonds is 10. The van der Waals surface area contributed by atoms with Gasteiger partial charge in [0, 0.05) is 0 Å². The Morgan fingerprint density at radius 1 is 0.242 bits per heavy atom. The Bertz CT molecular complexity index is 1980. The molecule has 0 saturated carbocycles. The smallest absolute Gasteiger partial charge is 0.0134 e. The molecule has 0 aliphatic rings. The molecular weight excluding hydrogens is 942 g/mol. The van der Waals surface area contributed by atoms with Crippen LogP contribution in [0.1, 0.15) is 0 Å². The van der Waals surface area contributed by atoms with E-state index in [1.165, 1.54) is 47.7 Å². The summed E-state index contributed by atoms with van der Waals surface area (Å²) in [6.45, 7) is 0. The van der Waals surface area contributed by atoms with E-state index in [0.29, 0.717) is 4.88 Å². The van der Waals surface area contributed by atoms with Crippen LogP contribution in [0.2, 0.25) is 0 Å². The van der Waals surface area contributed by atoms with Crippen LogP contribution in [0, 0.1) is 0 Å². The molecule has 0 unspecified atom stereocenters. The molecule has 9 aromatic carbocycles. The largest absolute Gasteiger partial charge is 0.0622 e. The Morgan fingerprint density at radius 3 is 0.419 bits per heavy atom. The first-order valence-electron chi connectivity index (χ1n) is 19.9. The molecule has 62 heavy (non-hydrogen) atoms. The molecule has 0 aliphatic heterocycles. The molecule has 0 fully saturated rings. The second-order valence-electron chi connectivity index (χ2n) is 13.3. The van der Waals surface area contributed by atoms with Gasteiger partial charge >= 0.3 is 43.0 Å². The molecule has 0 bridgehead atoms. The average molecular weight is 988 g/mol. The molecular formula is C55H46Cl2OP3Ru. The SMILES string of the molecule is O=[CH][Ru]([Cl])[Cl].c1ccc(P(c2ccccc2)c2ccccc2)cc1.c1ccc(P(c2ccccc2)c2ccccc2)cc1.c1ccc(P(c2ccccc2)c2ccccc2)cc1. The van der Waals surface area contributed by atoms with Gasteiger partial charge in [0.05, 0.1) is 0 Å². The van der Waals surface area contributed by atoms with E-state index in [-0.39, 0.29) is 0 Å². The number of carbonyl (C=O) groups is 1. The van der Waals surface area contributed by atoms with Gasteiger partial charge in [0.25, 0.3) is 0 Å². The summed E-state index contributed by atoms with van der Waals surface area (Å²) in [6, 6.07) is 97.0. The van der Waals surface area contributed by atoms with Crippen LogP contribution in [0.3, 0.4) is 0 Å². The van der Waals surface area contributed by atoms with E-state index in [9.17, 15) is 4.79 Å².